The number of nitrogens with zero attached hydrogens (tertiary/aromatic N) is 2. The molecule has 5 heteroatoms. The lowest BCUT2D eigenvalue weighted by molar-refractivity contribution is 0.0486. The van der Waals surface area contributed by atoms with Gasteiger partial charge in [-0.2, -0.15) is 0 Å². The van der Waals surface area contributed by atoms with Crippen molar-refractivity contribution in [3.63, 3.8) is 0 Å². The molecule has 1 fully saturated rings. The van der Waals surface area contributed by atoms with Gasteiger partial charge >= 0.3 is 6.03 Å². The third-order valence-electron chi connectivity index (χ3n) is 3.20. The van der Waals surface area contributed by atoms with Crippen LogP contribution in [0.4, 0.5) is 4.79 Å². The third-order valence-corrected chi connectivity index (χ3v) is 3.20. The predicted octanol–water partition coefficient (Wildman–Crippen LogP) is 0.106. The highest BCUT2D eigenvalue weighted by Crippen LogP contribution is 2.13. The van der Waals surface area contributed by atoms with Gasteiger partial charge in [0.1, 0.15) is 0 Å². The van der Waals surface area contributed by atoms with Gasteiger partial charge in [-0.25, -0.2) is 4.79 Å². The second-order valence-corrected chi connectivity index (χ2v) is 4.71. The van der Waals surface area contributed by atoms with Crippen molar-refractivity contribution in [3.05, 3.63) is 0 Å². The van der Waals surface area contributed by atoms with Crippen molar-refractivity contribution in [3.8, 4) is 12.3 Å². The maximum Gasteiger partial charge on any atom is 0.318 e. The van der Waals surface area contributed by atoms with E-state index in [-0.39, 0.29) is 18.7 Å². The Kier molecular flexibility index (Phi) is 5.96. The molecule has 1 aliphatic rings. The maximum atomic E-state index is 11.8. The Balaban J connectivity index is 2.50. The number of rotatable bonds is 4. The molecule has 1 aliphatic heterocycles. The van der Waals surface area contributed by atoms with Crippen LogP contribution in [0.5, 0.6) is 0 Å². The van der Waals surface area contributed by atoms with Gasteiger partial charge < -0.3 is 15.3 Å². The highest BCUT2D eigenvalue weighted by Gasteiger charge is 2.28. The number of terminal acetylenes is 1. The zero-order valence-electron chi connectivity index (χ0n) is 11.2. The molecule has 0 radical (unpaired) electrons. The van der Waals surface area contributed by atoms with Crippen molar-refractivity contribution < 1.29 is 9.90 Å². The Labute approximate surface area is 109 Å². The highest BCUT2D eigenvalue weighted by molar-refractivity contribution is 5.74. The topological polar surface area (TPSA) is 55.8 Å². The Morgan fingerprint density at radius 1 is 1.61 bits per heavy atom. The van der Waals surface area contributed by atoms with Crippen molar-refractivity contribution in [1.82, 2.24) is 15.1 Å². The van der Waals surface area contributed by atoms with Gasteiger partial charge in [0.05, 0.1) is 12.6 Å². The molecule has 0 spiro atoms. The SMILES string of the molecule is C#CCNC(=O)N1CCN(CC(C)O)C(CC)C1. The van der Waals surface area contributed by atoms with E-state index in [2.05, 4.69) is 23.1 Å². The number of nitrogens with one attached hydrogen (secondary N) is 1. The fourth-order valence-electron chi connectivity index (χ4n) is 2.28. The molecule has 0 saturated carbocycles. The summed E-state index contributed by atoms with van der Waals surface area (Å²) in [6, 6.07) is 0.216. The first-order valence-corrected chi connectivity index (χ1v) is 6.46. The van der Waals surface area contributed by atoms with Crippen LogP contribution in [-0.2, 0) is 0 Å². The van der Waals surface area contributed by atoms with Gasteiger partial charge in [-0.15, -0.1) is 6.42 Å². The number of carbonyl (C=O) groups is 1. The van der Waals surface area contributed by atoms with Crippen molar-refractivity contribution >= 4 is 6.03 Å². The quantitative estimate of drug-likeness (QED) is 0.699. The van der Waals surface area contributed by atoms with Gasteiger partial charge in [0, 0.05) is 32.2 Å². The molecule has 18 heavy (non-hydrogen) atoms. The molecule has 1 rings (SSSR count). The number of aliphatic hydroxyl groups is 1. The molecular weight excluding hydrogens is 230 g/mol. The van der Waals surface area contributed by atoms with Gasteiger partial charge in [-0.05, 0) is 13.3 Å². The normalized spacial score (nSPS) is 22.3. The van der Waals surface area contributed by atoms with E-state index >= 15 is 0 Å². The van der Waals surface area contributed by atoms with E-state index in [0.29, 0.717) is 25.7 Å². The Bertz CT molecular complexity index is 312. The van der Waals surface area contributed by atoms with Crippen LogP contribution >= 0.6 is 0 Å². The van der Waals surface area contributed by atoms with Crippen molar-refractivity contribution in [2.75, 3.05) is 32.7 Å². The second-order valence-electron chi connectivity index (χ2n) is 4.71. The molecule has 102 valence electrons. The smallest absolute Gasteiger partial charge is 0.318 e. The minimum atomic E-state index is -0.333. The standard InChI is InChI=1S/C13H23N3O2/c1-4-6-14-13(18)16-8-7-15(9-11(3)17)12(5-2)10-16/h1,11-12,17H,5-10H2,2-3H3,(H,14,18). The number of aliphatic hydroxyl groups excluding tert-OH is 1. The molecule has 0 aromatic rings. The highest BCUT2D eigenvalue weighted by atomic mass is 16.3. The van der Waals surface area contributed by atoms with E-state index in [4.69, 9.17) is 6.42 Å². The molecule has 5 nitrogen and oxygen atoms in total. The van der Waals surface area contributed by atoms with E-state index in [9.17, 15) is 9.90 Å². The first-order valence-electron chi connectivity index (χ1n) is 6.46. The lowest BCUT2D eigenvalue weighted by atomic mass is 10.1. The Morgan fingerprint density at radius 2 is 2.33 bits per heavy atom. The van der Waals surface area contributed by atoms with Crippen LogP contribution in [0.2, 0.25) is 0 Å². The molecule has 1 saturated heterocycles. The minimum absolute atomic E-state index is 0.0944. The number of carbonyl (C=O) groups excluding carboxylic acids is 1. The fourth-order valence-corrected chi connectivity index (χ4v) is 2.28. The largest absolute Gasteiger partial charge is 0.392 e. The van der Waals surface area contributed by atoms with E-state index in [1.165, 1.54) is 0 Å². The third kappa shape index (κ3) is 4.21. The van der Waals surface area contributed by atoms with Crippen molar-refractivity contribution in [1.29, 1.82) is 0 Å². The lowest BCUT2D eigenvalue weighted by Crippen LogP contribution is -2.57. The summed E-state index contributed by atoms with van der Waals surface area (Å²) < 4.78 is 0. The molecule has 0 aromatic carbocycles. The number of urea groups is 1. The molecule has 0 aromatic heterocycles. The van der Waals surface area contributed by atoms with Gasteiger partial charge in [0.25, 0.3) is 0 Å². The van der Waals surface area contributed by atoms with Crippen LogP contribution < -0.4 is 5.32 Å². The van der Waals surface area contributed by atoms with Crippen LogP contribution in [0.1, 0.15) is 20.3 Å². The number of hydrogen-bond donors (Lipinski definition) is 2. The van der Waals surface area contributed by atoms with Crippen molar-refractivity contribution in [2.24, 2.45) is 0 Å². The monoisotopic (exact) mass is 253 g/mol. The van der Waals surface area contributed by atoms with Crippen LogP contribution in [-0.4, -0.2) is 65.8 Å². The van der Waals surface area contributed by atoms with Gasteiger partial charge in [-0.1, -0.05) is 12.8 Å². The first-order chi connectivity index (χ1) is 8.58. The van der Waals surface area contributed by atoms with Crippen LogP contribution in [0.15, 0.2) is 0 Å². The van der Waals surface area contributed by atoms with Crippen LogP contribution in [0.25, 0.3) is 0 Å². The van der Waals surface area contributed by atoms with Gasteiger partial charge in [0.2, 0.25) is 0 Å². The number of β-amino-alcohol motifs (C(OH)–C–C–N with tert-alkyl or cyclic N) is 1. The molecule has 2 unspecified atom stereocenters. The average Bonchev–Trinajstić information content (AvgIpc) is 2.35. The Hall–Kier alpha value is -1.25. The summed E-state index contributed by atoms with van der Waals surface area (Å²) in [6.07, 6.45) is 5.75. The summed E-state index contributed by atoms with van der Waals surface area (Å²) in [5.41, 5.74) is 0. The molecular formula is C13H23N3O2. The summed E-state index contributed by atoms with van der Waals surface area (Å²) in [4.78, 5) is 15.8. The summed E-state index contributed by atoms with van der Waals surface area (Å²) in [7, 11) is 0. The summed E-state index contributed by atoms with van der Waals surface area (Å²) in [5, 5.41) is 12.1. The van der Waals surface area contributed by atoms with Gasteiger partial charge in [0.15, 0.2) is 0 Å². The van der Waals surface area contributed by atoms with Crippen molar-refractivity contribution in [2.45, 2.75) is 32.4 Å². The fraction of sp³-hybridized carbons (Fsp3) is 0.769. The van der Waals surface area contributed by atoms with Crippen LogP contribution in [0.3, 0.4) is 0 Å². The molecule has 2 N–H and O–H groups in total. The average molecular weight is 253 g/mol. The number of hydrogen-bond acceptors (Lipinski definition) is 3. The van der Waals surface area contributed by atoms with E-state index in [1.807, 2.05) is 0 Å². The summed E-state index contributed by atoms with van der Waals surface area (Å²) in [5.74, 6) is 2.40. The van der Waals surface area contributed by atoms with Gasteiger partial charge in [-0.3, -0.25) is 4.90 Å². The van der Waals surface area contributed by atoms with Crippen LogP contribution in [0, 0.1) is 12.3 Å². The predicted molar refractivity (Wildman–Crippen MR) is 71.1 cm³/mol. The first kappa shape index (κ1) is 14.8. The number of amides is 2. The molecule has 0 aliphatic carbocycles. The molecule has 1 heterocycles. The zero-order valence-corrected chi connectivity index (χ0v) is 11.2. The number of piperazine rings is 1. The molecule has 0 bridgehead atoms. The summed E-state index contributed by atoms with van der Waals surface area (Å²) >= 11 is 0. The molecule has 2 amide bonds. The minimum Gasteiger partial charge on any atom is -0.392 e. The maximum absolute atomic E-state index is 11.8. The molecule has 2 atom stereocenters. The lowest BCUT2D eigenvalue weighted by Gasteiger charge is -2.41. The van der Waals surface area contributed by atoms with E-state index in [0.717, 1.165) is 13.0 Å². The summed E-state index contributed by atoms with van der Waals surface area (Å²) in [6.45, 7) is 7.00. The second kappa shape index (κ2) is 7.24. The zero-order chi connectivity index (χ0) is 13.5. The van der Waals surface area contributed by atoms with E-state index < -0.39 is 0 Å². The van der Waals surface area contributed by atoms with E-state index in [1.54, 1.807) is 11.8 Å². The Morgan fingerprint density at radius 3 is 2.89 bits per heavy atom.